The van der Waals surface area contributed by atoms with Crippen molar-refractivity contribution in [3.63, 3.8) is 0 Å². The second-order valence-electron chi connectivity index (χ2n) is 4.07. The van der Waals surface area contributed by atoms with Gasteiger partial charge in [0.15, 0.2) is 0 Å². The molecule has 0 radical (unpaired) electrons. The average molecular weight is 253 g/mol. The van der Waals surface area contributed by atoms with Gasteiger partial charge in [0.25, 0.3) is 0 Å². The lowest BCUT2D eigenvalue weighted by molar-refractivity contribution is 0.415. The minimum absolute atomic E-state index is 0.905. The summed E-state index contributed by atoms with van der Waals surface area (Å²) in [6.07, 6.45) is 0. The van der Waals surface area contributed by atoms with Crippen LogP contribution in [0.3, 0.4) is 0 Å². The Morgan fingerprint density at radius 1 is 0.889 bits per heavy atom. The van der Waals surface area contributed by atoms with Gasteiger partial charge < -0.3 is 4.74 Å². The fraction of sp³-hybridized carbons (Fsp3) is 0.0625. The molecule has 0 saturated heterocycles. The molecule has 0 spiro atoms. The summed E-state index contributed by atoms with van der Waals surface area (Å²) in [6, 6.07) is 21.0. The molecule has 0 fully saturated rings. The Labute approximate surface area is 110 Å². The van der Waals surface area contributed by atoms with E-state index in [1.165, 1.54) is 20.5 Å². The maximum absolute atomic E-state index is 5.24. The Morgan fingerprint density at radius 2 is 1.72 bits per heavy atom. The SMILES string of the molecule is COc1ccc2[s+]c(-c3ccccc3)ccc2c1. The molecule has 0 N–H and O–H groups in total. The largest absolute Gasteiger partial charge is 0.497 e. The molecule has 0 bridgehead atoms. The quantitative estimate of drug-likeness (QED) is 0.593. The van der Waals surface area contributed by atoms with Crippen LogP contribution in [0, 0.1) is 0 Å². The molecule has 1 nitrogen and oxygen atoms in total. The van der Waals surface area contributed by atoms with Gasteiger partial charge in [-0.25, -0.2) is 0 Å². The highest BCUT2D eigenvalue weighted by Gasteiger charge is 2.13. The van der Waals surface area contributed by atoms with E-state index in [-0.39, 0.29) is 0 Å². The van der Waals surface area contributed by atoms with Gasteiger partial charge >= 0.3 is 0 Å². The van der Waals surface area contributed by atoms with Crippen molar-refractivity contribution in [2.24, 2.45) is 0 Å². The van der Waals surface area contributed by atoms with Crippen LogP contribution in [0.1, 0.15) is 0 Å². The fourth-order valence-electron chi connectivity index (χ4n) is 1.95. The van der Waals surface area contributed by atoms with E-state index in [0.717, 1.165) is 5.75 Å². The summed E-state index contributed by atoms with van der Waals surface area (Å²) in [5, 5.41) is 1.22. The Kier molecular flexibility index (Phi) is 2.95. The summed E-state index contributed by atoms with van der Waals surface area (Å²) in [4.78, 5) is 1.29. The zero-order valence-electron chi connectivity index (χ0n) is 10.1. The van der Waals surface area contributed by atoms with Gasteiger partial charge in [0.2, 0.25) is 20.9 Å². The van der Waals surface area contributed by atoms with Crippen molar-refractivity contribution in [1.29, 1.82) is 0 Å². The highest BCUT2D eigenvalue weighted by molar-refractivity contribution is 7.21. The average Bonchev–Trinajstić information content (AvgIpc) is 2.47. The van der Waals surface area contributed by atoms with Crippen LogP contribution < -0.4 is 4.74 Å². The first-order valence-corrected chi connectivity index (χ1v) is 6.65. The number of fused-ring (bicyclic) bond motifs is 1. The van der Waals surface area contributed by atoms with Gasteiger partial charge in [0, 0.05) is 23.1 Å². The summed E-state index contributed by atoms with van der Waals surface area (Å²) in [6.45, 7) is 0. The van der Waals surface area contributed by atoms with Crippen molar-refractivity contribution in [3.05, 3.63) is 60.7 Å². The van der Waals surface area contributed by atoms with Crippen LogP contribution in [0.5, 0.6) is 5.75 Å². The molecule has 0 aliphatic rings. The molecule has 2 heteroatoms. The third-order valence-electron chi connectivity index (χ3n) is 2.91. The number of benzene rings is 2. The van der Waals surface area contributed by atoms with E-state index in [0.29, 0.717) is 0 Å². The number of hydrogen-bond acceptors (Lipinski definition) is 1. The minimum atomic E-state index is 0.905. The van der Waals surface area contributed by atoms with Gasteiger partial charge in [-0.1, -0.05) is 18.2 Å². The van der Waals surface area contributed by atoms with Crippen molar-refractivity contribution in [1.82, 2.24) is 0 Å². The molecule has 2 aromatic carbocycles. The van der Waals surface area contributed by atoms with Crippen LogP contribution >= 0.6 is 11.3 Å². The molecule has 0 amide bonds. The topological polar surface area (TPSA) is 9.23 Å². The standard InChI is InChI=1S/C16H13OS/c1-17-14-8-10-16-13(11-14)7-9-15(18-16)12-5-3-2-4-6-12/h2-11H,1H3/q+1. The third kappa shape index (κ3) is 2.07. The van der Waals surface area contributed by atoms with Crippen LogP contribution in [0.15, 0.2) is 60.7 Å². The van der Waals surface area contributed by atoms with Gasteiger partial charge in [-0.2, -0.15) is 0 Å². The Bertz CT molecular complexity index is 677. The van der Waals surface area contributed by atoms with Crippen LogP contribution in [-0.4, -0.2) is 7.11 Å². The Hall–Kier alpha value is -1.93. The van der Waals surface area contributed by atoms with Crippen molar-refractivity contribution >= 4 is 21.4 Å². The molecule has 18 heavy (non-hydrogen) atoms. The van der Waals surface area contributed by atoms with Crippen LogP contribution in [-0.2, 0) is 0 Å². The lowest BCUT2D eigenvalue weighted by Gasteiger charge is -1.98. The van der Waals surface area contributed by atoms with E-state index in [1.54, 1.807) is 18.4 Å². The molecular weight excluding hydrogens is 240 g/mol. The third-order valence-corrected chi connectivity index (χ3v) is 4.09. The van der Waals surface area contributed by atoms with Crippen LogP contribution in [0.4, 0.5) is 0 Å². The van der Waals surface area contributed by atoms with Gasteiger partial charge in [-0.05, 0) is 30.3 Å². The maximum Gasteiger partial charge on any atom is 0.239 e. The first-order chi connectivity index (χ1) is 8.86. The van der Waals surface area contributed by atoms with E-state index in [9.17, 15) is 0 Å². The van der Waals surface area contributed by atoms with Gasteiger partial charge in [-0.3, -0.25) is 0 Å². The molecule has 3 rings (SSSR count). The molecule has 0 atom stereocenters. The fourth-order valence-corrected chi connectivity index (χ4v) is 2.96. The molecular formula is C16H13OS+. The lowest BCUT2D eigenvalue weighted by atomic mass is 10.2. The van der Waals surface area contributed by atoms with Gasteiger partial charge in [0.05, 0.1) is 7.11 Å². The highest BCUT2D eigenvalue weighted by atomic mass is 32.1. The van der Waals surface area contributed by atoms with Crippen molar-refractivity contribution in [2.75, 3.05) is 7.11 Å². The normalized spacial score (nSPS) is 10.5. The zero-order chi connectivity index (χ0) is 12.4. The van der Waals surface area contributed by atoms with Crippen molar-refractivity contribution in [2.45, 2.75) is 0 Å². The van der Waals surface area contributed by atoms with E-state index >= 15 is 0 Å². The first kappa shape index (κ1) is 11.2. The monoisotopic (exact) mass is 253 g/mol. The zero-order valence-corrected chi connectivity index (χ0v) is 10.9. The summed E-state index contributed by atoms with van der Waals surface area (Å²) in [7, 11) is 1.70. The molecule has 0 aliphatic heterocycles. The Morgan fingerprint density at radius 3 is 2.50 bits per heavy atom. The van der Waals surface area contributed by atoms with Crippen molar-refractivity contribution in [3.8, 4) is 16.2 Å². The molecule has 0 unspecified atom stereocenters. The first-order valence-electron chi connectivity index (χ1n) is 5.83. The minimum Gasteiger partial charge on any atom is -0.497 e. The van der Waals surface area contributed by atoms with E-state index in [1.807, 2.05) is 12.1 Å². The summed E-state index contributed by atoms with van der Waals surface area (Å²) >= 11 is 1.80. The number of methoxy groups -OCH3 is 1. The molecule has 1 aromatic heterocycles. The Balaban J connectivity index is 2.12. The molecule has 0 saturated carbocycles. The van der Waals surface area contributed by atoms with Gasteiger partial charge in [-0.15, -0.1) is 0 Å². The second-order valence-corrected chi connectivity index (χ2v) is 5.15. The maximum atomic E-state index is 5.24. The van der Waals surface area contributed by atoms with E-state index in [4.69, 9.17) is 4.74 Å². The summed E-state index contributed by atoms with van der Waals surface area (Å²) in [5.41, 5.74) is 1.26. The number of rotatable bonds is 2. The smallest absolute Gasteiger partial charge is 0.239 e. The molecule has 1 heterocycles. The van der Waals surface area contributed by atoms with Gasteiger partial charge in [0.1, 0.15) is 5.75 Å². The van der Waals surface area contributed by atoms with E-state index in [2.05, 4.69) is 48.5 Å². The summed E-state index contributed by atoms with van der Waals surface area (Å²) in [5.74, 6) is 0.905. The second kappa shape index (κ2) is 4.75. The lowest BCUT2D eigenvalue weighted by Crippen LogP contribution is -1.81. The predicted octanol–water partition coefficient (Wildman–Crippen LogP) is 4.86. The van der Waals surface area contributed by atoms with E-state index < -0.39 is 0 Å². The molecule has 0 aliphatic carbocycles. The van der Waals surface area contributed by atoms with Crippen LogP contribution in [0.25, 0.3) is 20.5 Å². The molecule has 3 aromatic rings. The number of hydrogen-bond donors (Lipinski definition) is 0. The predicted molar refractivity (Wildman–Crippen MR) is 78.2 cm³/mol. The molecule has 88 valence electrons. The van der Waals surface area contributed by atoms with Crippen molar-refractivity contribution < 1.29 is 4.74 Å². The number of ether oxygens (including phenoxy) is 1. The van der Waals surface area contributed by atoms with Crippen LogP contribution in [0.2, 0.25) is 0 Å². The summed E-state index contributed by atoms with van der Waals surface area (Å²) < 4.78 is 6.52. The highest BCUT2D eigenvalue weighted by Crippen LogP contribution is 2.31.